The molecular formula is C16H19BrFN3O2S. The maximum absolute atomic E-state index is 13.5. The fraction of sp³-hybridized carbons (Fsp3) is 0.312. The standard InChI is InChI=1S/C16H19BrFN3O2S/c1-8-12(15(20)24-13(8)17)14(19)21-10-5-4-9(18)6-11(10)23-7-16(2,3)22/h4-6,20-22H,7,19H2,1-3H3/b14-12+,20-15?. The van der Waals surface area contributed by atoms with Gasteiger partial charge in [-0.05, 0) is 54.4 Å². The molecule has 5 N–H and O–H groups in total. The molecule has 0 amide bonds. The molecule has 0 saturated heterocycles. The monoisotopic (exact) mass is 415 g/mol. The SMILES string of the molecule is CC1=C(Br)SC(=N)/C1=C(\N)Nc1ccc(F)cc1OCC(C)(C)O. The van der Waals surface area contributed by atoms with Crippen molar-refractivity contribution in [1.82, 2.24) is 0 Å². The molecule has 2 rings (SSSR count). The van der Waals surface area contributed by atoms with Gasteiger partial charge < -0.3 is 20.9 Å². The van der Waals surface area contributed by atoms with E-state index in [1.54, 1.807) is 13.8 Å². The van der Waals surface area contributed by atoms with Crippen LogP contribution in [0.4, 0.5) is 10.1 Å². The van der Waals surface area contributed by atoms with Crippen LogP contribution in [-0.2, 0) is 0 Å². The van der Waals surface area contributed by atoms with Crippen LogP contribution in [0.1, 0.15) is 20.8 Å². The lowest BCUT2D eigenvalue weighted by Gasteiger charge is -2.20. The van der Waals surface area contributed by atoms with E-state index in [0.29, 0.717) is 16.3 Å². The van der Waals surface area contributed by atoms with Gasteiger partial charge in [0.25, 0.3) is 0 Å². The average Bonchev–Trinajstić information content (AvgIpc) is 2.71. The first-order valence-electron chi connectivity index (χ1n) is 7.13. The molecule has 0 aliphatic carbocycles. The van der Waals surface area contributed by atoms with Crippen molar-refractivity contribution in [3.05, 3.63) is 44.8 Å². The summed E-state index contributed by atoms with van der Waals surface area (Å²) >= 11 is 4.66. The van der Waals surface area contributed by atoms with Gasteiger partial charge >= 0.3 is 0 Å². The second kappa shape index (κ2) is 7.16. The molecule has 0 fully saturated rings. The molecule has 24 heavy (non-hydrogen) atoms. The molecule has 1 aliphatic rings. The second-order valence-electron chi connectivity index (χ2n) is 5.99. The van der Waals surface area contributed by atoms with Gasteiger partial charge in [0.05, 0.1) is 20.7 Å². The Hall–Kier alpha value is -1.51. The third-order valence-electron chi connectivity index (χ3n) is 3.15. The van der Waals surface area contributed by atoms with E-state index in [-0.39, 0.29) is 18.2 Å². The number of allylic oxidation sites excluding steroid dienone is 1. The van der Waals surface area contributed by atoms with E-state index in [1.165, 1.54) is 30.0 Å². The van der Waals surface area contributed by atoms with Crippen molar-refractivity contribution in [2.45, 2.75) is 26.4 Å². The summed E-state index contributed by atoms with van der Waals surface area (Å²) in [5.74, 6) is 0.0539. The van der Waals surface area contributed by atoms with E-state index in [2.05, 4.69) is 21.2 Å². The molecule has 1 aliphatic heterocycles. The molecule has 0 atom stereocenters. The van der Waals surface area contributed by atoms with Crippen LogP contribution in [0.25, 0.3) is 0 Å². The molecule has 0 radical (unpaired) electrons. The second-order valence-corrected chi connectivity index (χ2v) is 8.32. The fourth-order valence-electron chi connectivity index (χ4n) is 1.99. The Morgan fingerprint density at radius 2 is 2.17 bits per heavy atom. The number of nitrogens with two attached hydrogens (primary N) is 1. The van der Waals surface area contributed by atoms with Crippen LogP contribution >= 0.6 is 27.7 Å². The zero-order valence-corrected chi connectivity index (χ0v) is 15.9. The summed E-state index contributed by atoms with van der Waals surface area (Å²) in [5, 5.41) is 21.1. The highest BCUT2D eigenvalue weighted by Gasteiger charge is 2.24. The van der Waals surface area contributed by atoms with Crippen molar-refractivity contribution in [2.75, 3.05) is 11.9 Å². The van der Waals surface area contributed by atoms with Crippen molar-refractivity contribution < 1.29 is 14.2 Å². The number of thioether (sulfide) groups is 1. The van der Waals surface area contributed by atoms with Crippen molar-refractivity contribution >= 4 is 38.4 Å². The minimum atomic E-state index is -1.05. The Morgan fingerprint density at radius 3 is 2.71 bits per heavy atom. The summed E-state index contributed by atoms with van der Waals surface area (Å²) < 4.78 is 19.9. The third-order valence-corrected chi connectivity index (χ3v) is 5.13. The highest BCUT2D eigenvalue weighted by molar-refractivity contribution is 9.14. The number of ether oxygens (including phenoxy) is 1. The molecule has 0 unspecified atom stereocenters. The van der Waals surface area contributed by atoms with Gasteiger partial charge in [0.15, 0.2) is 0 Å². The Bertz CT molecular complexity index is 741. The van der Waals surface area contributed by atoms with Crippen molar-refractivity contribution in [1.29, 1.82) is 5.41 Å². The van der Waals surface area contributed by atoms with E-state index in [9.17, 15) is 9.50 Å². The van der Waals surface area contributed by atoms with Crippen LogP contribution in [0, 0.1) is 11.2 Å². The van der Waals surface area contributed by atoms with Crippen LogP contribution in [0.5, 0.6) is 5.75 Å². The molecule has 0 saturated carbocycles. The summed E-state index contributed by atoms with van der Waals surface area (Å²) in [6.07, 6.45) is 0. The first-order valence-corrected chi connectivity index (χ1v) is 8.74. The number of halogens is 2. The molecule has 5 nitrogen and oxygen atoms in total. The van der Waals surface area contributed by atoms with E-state index < -0.39 is 11.4 Å². The molecule has 8 heteroatoms. The minimum Gasteiger partial charge on any atom is -0.488 e. The number of benzene rings is 1. The number of anilines is 1. The lowest BCUT2D eigenvalue weighted by molar-refractivity contribution is 0.0286. The van der Waals surface area contributed by atoms with Crippen LogP contribution < -0.4 is 15.8 Å². The molecule has 0 aromatic heterocycles. The van der Waals surface area contributed by atoms with Gasteiger partial charge in [-0.3, -0.25) is 5.41 Å². The van der Waals surface area contributed by atoms with Gasteiger partial charge in [-0.25, -0.2) is 4.39 Å². The summed E-state index contributed by atoms with van der Waals surface area (Å²) in [4.78, 5) is 0. The maximum atomic E-state index is 13.5. The Morgan fingerprint density at radius 1 is 1.50 bits per heavy atom. The van der Waals surface area contributed by atoms with Crippen molar-refractivity contribution in [3.8, 4) is 5.75 Å². The molecule has 1 aromatic carbocycles. The number of hydrogen-bond acceptors (Lipinski definition) is 6. The quantitative estimate of drug-likeness (QED) is 0.584. The van der Waals surface area contributed by atoms with Gasteiger partial charge in [-0.15, -0.1) is 0 Å². The van der Waals surface area contributed by atoms with E-state index in [0.717, 1.165) is 9.39 Å². The van der Waals surface area contributed by atoms with Crippen LogP contribution in [0.3, 0.4) is 0 Å². The Kier molecular flexibility index (Phi) is 5.62. The highest BCUT2D eigenvalue weighted by Crippen LogP contribution is 2.41. The lowest BCUT2D eigenvalue weighted by Crippen LogP contribution is -2.28. The topological polar surface area (TPSA) is 91.4 Å². The third kappa shape index (κ3) is 4.52. The van der Waals surface area contributed by atoms with Crippen LogP contribution in [0.15, 0.2) is 39.0 Å². The number of hydrogen-bond donors (Lipinski definition) is 4. The van der Waals surface area contributed by atoms with Gasteiger partial charge in [-0.1, -0.05) is 11.8 Å². The lowest BCUT2D eigenvalue weighted by atomic mass is 10.1. The van der Waals surface area contributed by atoms with Crippen molar-refractivity contribution in [3.63, 3.8) is 0 Å². The first-order chi connectivity index (χ1) is 11.1. The molecule has 1 aromatic rings. The Labute approximate surface area is 152 Å². The molecule has 0 bridgehead atoms. The van der Waals surface area contributed by atoms with Gasteiger partial charge in [0.1, 0.15) is 29.0 Å². The van der Waals surface area contributed by atoms with Crippen molar-refractivity contribution in [2.24, 2.45) is 5.73 Å². The summed E-state index contributed by atoms with van der Waals surface area (Å²) in [6, 6.07) is 4.01. The number of rotatable bonds is 5. The van der Waals surface area contributed by atoms with Gasteiger partial charge in [-0.2, -0.15) is 0 Å². The minimum absolute atomic E-state index is 0.00222. The maximum Gasteiger partial charge on any atom is 0.145 e. The summed E-state index contributed by atoms with van der Waals surface area (Å²) in [7, 11) is 0. The predicted molar refractivity (Wildman–Crippen MR) is 100.0 cm³/mol. The predicted octanol–water partition coefficient (Wildman–Crippen LogP) is 3.91. The average molecular weight is 416 g/mol. The zero-order valence-electron chi connectivity index (χ0n) is 13.5. The molecule has 130 valence electrons. The summed E-state index contributed by atoms with van der Waals surface area (Å²) in [6.45, 7) is 5.05. The largest absolute Gasteiger partial charge is 0.488 e. The number of nitrogens with one attached hydrogen (secondary N) is 2. The Balaban J connectivity index is 2.31. The smallest absolute Gasteiger partial charge is 0.145 e. The fourth-order valence-corrected chi connectivity index (χ4v) is 3.47. The zero-order chi connectivity index (χ0) is 18.1. The highest BCUT2D eigenvalue weighted by atomic mass is 79.9. The van der Waals surface area contributed by atoms with Gasteiger partial charge in [0, 0.05) is 6.07 Å². The van der Waals surface area contributed by atoms with E-state index in [1.807, 2.05) is 6.92 Å². The molecule has 0 spiro atoms. The van der Waals surface area contributed by atoms with E-state index in [4.69, 9.17) is 15.9 Å². The molecule has 1 heterocycles. The van der Waals surface area contributed by atoms with E-state index >= 15 is 0 Å². The molecular weight excluding hydrogens is 397 g/mol. The van der Waals surface area contributed by atoms with Gasteiger partial charge in [0.2, 0.25) is 0 Å². The number of aliphatic hydroxyl groups is 1. The van der Waals surface area contributed by atoms with Crippen LogP contribution in [-0.4, -0.2) is 22.4 Å². The summed E-state index contributed by atoms with van der Waals surface area (Å²) in [5.41, 5.74) is 6.95. The first kappa shape index (κ1) is 18.8. The normalized spacial score (nSPS) is 17.3. The van der Waals surface area contributed by atoms with Crippen LogP contribution in [0.2, 0.25) is 0 Å².